The highest BCUT2D eigenvalue weighted by molar-refractivity contribution is 5.76. The van der Waals surface area contributed by atoms with E-state index >= 15 is 0 Å². The highest BCUT2D eigenvalue weighted by atomic mass is 16.4. The van der Waals surface area contributed by atoms with E-state index in [-0.39, 0.29) is 5.92 Å². The van der Waals surface area contributed by atoms with Crippen LogP contribution < -0.4 is 5.32 Å². The highest BCUT2D eigenvalue weighted by Gasteiger charge is 2.29. The van der Waals surface area contributed by atoms with Crippen molar-refractivity contribution < 1.29 is 9.90 Å². The van der Waals surface area contributed by atoms with Gasteiger partial charge in [0.15, 0.2) is 0 Å². The van der Waals surface area contributed by atoms with Crippen LogP contribution in [0.15, 0.2) is 60.7 Å². The lowest BCUT2D eigenvalue weighted by molar-refractivity contribution is -0.139. The Kier molecular flexibility index (Phi) is 11.3. The van der Waals surface area contributed by atoms with Gasteiger partial charge in [0.25, 0.3) is 0 Å². The summed E-state index contributed by atoms with van der Waals surface area (Å²) in [6, 6.07) is 18.8. The fourth-order valence-corrected chi connectivity index (χ4v) is 2.33. The molecule has 0 aliphatic carbocycles. The van der Waals surface area contributed by atoms with Crippen molar-refractivity contribution >= 4 is 5.97 Å². The van der Waals surface area contributed by atoms with Gasteiger partial charge in [-0.15, -0.1) is 0 Å². The number of rotatable bonds is 5. The Hall–Kier alpha value is -2.13. The molecule has 0 aliphatic heterocycles. The molecule has 2 aromatic rings. The number of carboxylic acids is 1. The standard InChI is InChI=1S/C16H17NO2.2C2H6/c1-17-15(16(18)19)14(12-8-4-2-5-9-12)13-10-6-3-7-11-13;2*1-2/h2-11,14-15,17H,1H3,(H,18,19);2*1-2H3/t15-;;/m1../s1. The minimum absolute atomic E-state index is 0.204. The topological polar surface area (TPSA) is 49.3 Å². The van der Waals surface area contributed by atoms with Crippen LogP contribution in [0.4, 0.5) is 0 Å². The molecule has 3 nitrogen and oxygen atoms in total. The SMILES string of the molecule is CC.CC.CN[C@@H](C(=O)O)C(c1ccccc1)c1ccccc1. The summed E-state index contributed by atoms with van der Waals surface area (Å²) in [6.07, 6.45) is 0. The van der Waals surface area contributed by atoms with Crippen molar-refractivity contribution in [1.29, 1.82) is 0 Å². The summed E-state index contributed by atoms with van der Waals surface area (Å²) in [6.45, 7) is 8.00. The van der Waals surface area contributed by atoms with Crippen molar-refractivity contribution in [3.63, 3.8) is 0 Å². The Morgan fingerprint density at radius 3 is 1.43 bits per heavy atom. The number of hydrogen-bond acceptors (Lipinski definition) is 2. The number of benzene rings is 2. The van der Waals surface area contributed by atoms with Gasteiger partial charge in [-0.25, -0.2) is 0 Å². The Bertz CT molecular complexity index is 486. The van der Waals surface area contributed by atoms with E-state index in [9.17, 15) is 9.90 Å². The normalized spacial score (nSPS) is 10.7. The number of carboxylic acid groups (broad SMARTS) is 1. The molecule has 0 bridgehead atoms. The molecule has 0 heterocycles. The van der Waals surface area contributed by atoms with E-state index in [0.29, 0.717) is 0 Å². The number of hydrogen-bond donors (Lipinski definition) is 2. The molecule has 0 fully saturated rings. The largest absolute Gasteiger partial charge is 0.480 e. The molecular formula is C20H29NO2. The third-order valence-electron chi connectivity index (χ3n) is 3.23. The van der Waals surface area contributed by atoms with E-state index in [2.05, 4.69) is 5.32 Å². The fraction of sp³-hybridized carbons (Fsp3) is 0.350. The van der Waals surface area contributed by atoms with Gasteiger partial charge >= 0.3 is 5.97 Å². The number of aliphatic carboxylic acids is 1. The first-order chi connectivity index (χ1) is 11.2. The summed E-state index contributed by atoms with van der Waals surface area (Å²) < 4.78 is 0. The summed E-state index contributed by atoms with van der Waals surface area (Å²) in [5.74, 6) is -1.05. The quantitative estimate of drug-likeness (QED) is 0.851. The van der Waals surface area contributed by atoms with Crippen LogP contribution in [-0.2, 0) is 4.79 Å². The highest BCUT2D eigenvalue weighted by Crippen LogP contribution is 2.28. The van der Waals surface area contributed by atoms with Crippen LogP contribution in [0.1, 0.15) is 44.7 Å². The van der Waals surface area contributed by atoms with Gasteiger partial charge in [0, 0.05) is 5.92 Å². The van der Waals surface area contributed by atoms with Crippen LogP contribution in [0.3, 0.4) is 0 Å². The summed E-state index contributed by atoms with van der Waals surface area (Å²) >= 11 is 0. The minimum atomic E-state index is -0.847. The zero-order chi connectivity index (χ0) is 17.7. The monoisotopic (exact) mass is 315 g/mol. The molecule has 1 atom stereocenters. The van der Waals surface area contributed by atoms with Gasteiger partial charge in [-0.3, -0.25) is 4.79 Å². The first kappa shape index (κ1) is 20.9. The molecule has 0 saturated carbocycles. The number of carbonyl (C=O) groups is 1. The molecule has 3 heteroatoms. The second-order valence-electron chi connectivity index (χ2n) is 4.40. The third kappa shape index (κ3) is 6.25. The number of likely N-dealkylation sites (N-methyl/N-ethyl adjacent to an activating group) is 1. The van der Waals surface area contributed by atoms with Gasteiger partial charge in [-0.1, -0.05) is 88.4 Å². The Labute approximate surface area is 140 Å². The Morgan fingerprint density at radius 2 is 1.17 bits per heavy atom. The fourth-order valence-electron chi connectivity index (χ4n) is 2.33. The van der Waals surface area contributed by atoms with Gasteiger partial charge in [0.05, 0.1) is 0 Å². The summed E-state index contributed by atoms with van der Waals surface area (Å²) in [7, 11) is 1.68. The molecule has 2 N–H and O–H groups in total. The Balaban J connectivity index is 0.00000112. The molecule has 23 heavy (non-hydrogen) atoms. The molecule has 0 saturated heterocycles. The van der Waals surface area contributed by atoms with Crippen molar-refractivity contribution in [2.24, 2.45) is 0 Å². The van der Waals surface area contributed by atoms with Crippen LogP contribution in [0, 0.1) is 0 Å². The molecule has 2 aromatic carbocycles. The van der Waals surface area contributed by atoms with Crippen LogP contribution in [0.25, 0.3) is 0 Å². The van der Waals surface area contributed by atoms with E-state index in [0.717, 1.165) is 11.1 Å². The van der Waals surface area contributed by atoms with Gasteiger partial charge in [-0.2, -0.15) is 0 Å². The van der Waals surface area contributed by atoms with Crippen molar-refractivity contribution in [1.82, 2.24) is 5.32 Å². The lowest BCUT2D eigenvalue weighted by atomic mass is 9.85. The van der Waals surface area contributed by atoms with Gasteiger partial charge in [0.2, 0.25) is 0 Å². The Morgan fingerprint density at radius 1 is 0.826 bits per heavy atom. The average Bonchev–Trinajstić information content (AvgIpc) is 2.64. The first-order valence-electron chi connectivity index (χ1n) is 8.24. The average molecular weight is 315 g/mol. The first-order valence-corrected chi connectivity index (χ1v) is 8.24. The van der Waals surface area contributed by atoms with E-state index in [1.54, 1.807) is 7.05 Å². The lowest BCUT2D eigenvalue weighted by Gasteiger charge is -2.24. The maximum absolute atomic E-state index is 11.5. The van der Waals surface area contributed by atoms with Gasteiger partial charge < -0.3 is 10.4 Å². The maximum Gasteiger partial charge on any atom is 0.321 e. The van der Waals surface area contributed by atoms with Crippen molar-refractivity contribution in [3.05, 3.63) is 71.8 Å². The molecule has 126 valence electrons. The molecule has 2 rings (SSSR count). The van der Waals surface area contributed by atoms with Gasteiger partial charge in [0.1, 0.15) is 6.04 Å². The summed E-state index contributed by atoms with van der Waals surface area (Å²) in [5.41, 5.74) is 1.99. The summed E-state index contributed by atoms with van der Waals surface area (Å²) in [4.78, 5) is 11.5. The molecular weight excluding hydrogens is 286 g/mol. The van der Waals surface area contributed by atoms with Crippen molar-refractivity contribution in [3.8, 4) is 0 Å². The van der Waals surface area contributed by atoms with Crippen LogP contribution >= 0.6 is 0 Å². The van der Waals surface area contributed by atoms with Crippen molar-refractivity contribution in [2.75, 3.05) is 7.05 Å². The zero-order valence-corrected chi connectivity index (χ0v) is 14.8. The van der Waals surface area contributed by atoms with E-state index in [1.807, 2.05) is 88.4 Å². The molecule has 0 amide bonds. The third-order valence-corrected chi connectivity index (χ3v) is 3.23. The predicted octanol–water partition coefficient (Wildman–Crippen LogP) is 4.54. The summed E-state index contributed by atoms with van der Waals surface area (Å²) in [5, 5.41) is 12.3. The lowest BCUT2D eigenvalue weighted by Crippen LogP contribution is -2.40. The zero-order valence-electron chi connectivity index (χ0n) is 14.8. The minimum Gasteiger partial charge on any atom is -0.480 e. The smallest absolute Gasteiger partial charge is 0.321 e. The maximum atomic E-state index is 11.5. The second-order valence-corrected chi connectivity index (χ2v) is 4.40. The number of nitrogens with one attached hydrogen (secondary N) is 1. The second kappa shape index (κ2) is 12.4. The molecule has 0 aromatic heterocycles. The van der Waals surface area contributed by atoms with E-state index in [4.69, 9.17) is 0 Å². The molecule has 0 aliphatic rings. The predicted molar refractivity (Wildman–Crippen MR) is 97.9 cm³/mol. The molecule has 0 unspecified atom stereocenters. The van der Waals surface area contributed by atoms with Crippen LogP contribution in [-0.4, -0.2) is 24.2 Å². The molecule has 0 spiro atoms. The van der Waals surface area contributed by atoms with Gasteiger partial charge in [-0.05, 0) is 18.2 Å². The van der Waals surface area contributed by atoms with E-state index in [1.165, 1.54) is 0 Å². The van der Waals surface area contributed by atoms with E-state index < -0.39 is 12.0 Å². The van der Waals surface area contributed by atoms with Crippen LogP contribution in [0.2, 0.25) is 0 Å². The van der Waals surface area contributed by atoms with Crippen LogP contribution in [0.5, 0.6) is 0 Å². The molecule has 0 radical (unpaired) electrons. The van der Waals surface area contributed by atoms with Crippen molar-refractivity contribution in [2.45, 2.75) is 39.7 Å².